The van der Waals surface area contributed by atoms with Crippen LogP contribution in [0.1, 0.15) is 72.9 Å². The lowest BCUT2D eigenvalue weighted by atomic mass is 9.98. The van der Waals surface area contributed by atoms with E-state index in [-0.39, 0.29) is 24.1 Å². The summed E-state index contributed by atoms with van der Waals surface area (Å²) in [6.45, 7) is 17.9. The lowest BCUT2D eigenvalue weighted by molar-refractivity contribution is 0.0952. The van der Waals surface area contributed by atoms with Gasteiger partial charge in [-0.15, -0.1) is 0 Å². The first-order valence-electron chi connectivity index (χ1n) is 15.3. The molecule has 0 atom stereocenters. The van der Waals surface area contributed by atoms with Gasteiger partial charge in [0.15, 0.2) is 0 Å². The zero-order valence-electron chi connectivity index (χ0n) is 25.9. The first kappa shape index (κ1) is 29.6. The van der Waals surface area contributed by atoms with E-state index in [0.29, 0.717) is 11.1 Å². The SMILES string of the molecule is CCCc1cc(C)[nH]c(=O)c1CNC(=O)c1cc(-c2ccc(N3CCN(CC)CC3)nc2)cc2c1c(C)cn2C(C)C. The number of aryl methyl sites for hydroxylation is 3. The maximum absolute atomic E-state index is 13.8. The van der Waals surface area contributed by atoms with Crippen molar-refractivity contribution in [2.75, 3.05) is 37.6 Å². The van der Waals surface area contributed by atoms with E-state index in [1.165, 1.54) is 0 Å². The zero-order chi connectivity index (χ0) is 30.0. The Kier molecular flexibility index (Phi) is 8.82. The summed E-state index contributed by atoms with van der Waals surface area (Å²) < 4.78 is 2.23. The van der Waals surface area contributed by atoms with Gasteiger partial charge < -0.3 is 24.7 Å². The van der Waals surface area contributed by atoms with Crippen LogP contribution in [-0.2, 0) is 13.0 Å². The summed E-state index contributed by atoms with van der Waals surface area (Å²) in [5.74, 6) is 0.799. The molecule has 0 unspecified atom stereocenters. The minimum Gasteiger partial charge on any atom is -0.354 e. The van der Waals surface area contributed by atoms with Crippen molar-refractivity contribution < 1.29 is 4.79 Å². The van der Waals surface area contributed by atoms with E-state index < -0.39 is 0 Å². The fraction of sp³-hybridized carbons (Fsp3) is 0.441. The maximum Gasteiger partial charge on any atom is 0.253 e. The van der Waals surface area contributed by atoms with Crippen LogP contribution in [0.4, 0.5) is 5.82 Å². The van der Waals surface area contributed by atoms with Crippen LogP contribution in [0.5, 0.6) is 0 Å². The number of fused-ring (bicyclic) bond motifs is 1. The molecule has 0 radical (unpaired) electrons. The summed E-state index contributed by atoms with van der Waals surface area (Å²) in [5, 5.41) is 4.02. The fourth-order valence-electron chi connectivity index (χ4n) is 6.13. The van der Waals surface area contributed by atoms with Crippen molar-refractivity contribution >= 4 is 22.6 Å². The molecule has 5 rings (SSSR count). The third kappa shape index (κ3) is 6.00. The normalized spacial score (nSPS) is 14.2. The van der Waals surface area contributed by atoms with E-state index in [4.69, 9.17) is 4.98 Å². The van der Waals surface area contributed by atoms with Crippen molar-refractivity contribution in [1.82, 2.24) is 24.8 Å². The number of nitrogens with one attached hydrogen (secondary N) is 2. The molecule has 4 heterocycles. The molecule has 0 bridgehead atoms. The molecule has 0 saturated carbocycles. The van der Waals surface area contributed by atoms with Crippen molar-refractivity contribution in [3.63, 3.8) is 0 Å². The van der Waals surface area contributed by atoms with Crippen LogP contribution < -0.4 is 15.8 Å². The number of amides is 1. The lowest BCUT2D eigenvalue weighted by Crippen LogP contribution is -2.46. The summed E-state index contributed by atoms with van der Waals surface area (Å²) in [5.41, 5.74) is 6.91. The van der Waals surface area contributed by atoms with Crippen LogP contribution in [0.15, 0.2) is 47.5 Å². The summed E-state index contributed by atoms with van der Waals surface area (Å²) in [6.07, 6.45) is 5.76. The molecule has 4 aromatic rings. The van der Waals surface area contributed by atoms with Crippen molar-refractivity contribution in [3.8, 4) is 11.1 Å². The molecule has 1 fully saturated rings. The molecule has 42 heavy (non-hydrogen) atoms. The average Bonchev–Trinajstić information content (AvgIpc) is 3.33. The molecule has 8 nitrogen and oxygen atoms in total. The number of nitrogens with zero attached hydrogens (tertiary/aromatic N) is 4. The first-order valence-corrected chi connectivity index (χ1v) is 15.3. The van der Waals surface area contributed by atoms with Crippen LogP contribution >= 0.6 is 0 Å². The molecule has 2 N–H and O–H groups in total. The number of benzene rings is 1. The van der Waals surface area contributed by atoms with Gasteiger partial charge in [0.25, 0.3) is 11.5 Å². The topological polar surface area (TPSA) is 86.3 Å². The van der Waals surface area contributed by atoms with Crippen LogP contribution in [0.25, 0.3) is 22.0 Å². The molecular formula is C34H44N6O2. The van der Waals surface area contributed by atoms with Crippen molar-refractivity contribution in [2.24, 2.45) is 0 Å². The summed E-state index contributed by atoms with van der Waals surface area (Å²) >= 11 is 0. The quantitative estimate of drug-likeness (QED) is 0.274. The molecule has 8 heteroatoms. The summed E-state index contributed by atoms with van der Waals surface area (Å²) in [6, 6.07) is 10.6. The third-order valence-electron chi connectivity index (χ3n) is 8.46. The van der Waals surface area contributed by atoms with Crippen LogP contribution in [0, 0.1) is 13.8 Å². The van der Waals surface area contributed by atoms with Crippen molar-refractivity contribution in [3.05, 3.63) is 81.0 Å². The number of hydrogen-bond donors (Lipinski definition) is 2. The van der Waals surface area contributed by atoms with E-state index in [2.05, 4.69) is 83.7 Å². The first-order chi connectivity index (χ1) is 20.2. The Labute approximate surface area is 248 Å². The van der Waals surface area contributed by atoms with Gasteiger partial charge >= 0.3 is 0 Å². The van der Waals surface area contributed by atoms with Gasteiger partial charge in [0.05, 0.1) is 0 Å². The number of pyridine rings is 2. The Morgan fingerprint density at radius 2 is 1.81 bits per heavy atom. The molecule has 1 aliphatic heterocycles. The summed E-state index contributed by atoms with van der Waals surface area (Å²) in [4.78, 5) is 39.2. The van der Waals surface area contributed by atoms with Gasteiger partial charge in [0, 0.05) is 84.4 Å². The molecule has 1 aromatic carbocycles. The highest BCUT2D eigenvalue weighted by Crippen LogP contribution is 2.33. The number of H-pyrrole nitrogens is 1. The minimum atomic E-state index is -0.188. The zero-order valence-corrected chi connectivity index (χ0v) is 25.9. The largest absolute Gasteiger partial charge is 0.354 e. The average molecular weight is 569 g/mol. The molecule has 1 amide bonds. The second-order valence-electron chi connectivity index (χ2n) is 11.8. The Morgan fingerprint density at radius 3 is 2.45 bits per heavy atom. The highest BCUT2D eigenvalue weighted by molar-refractivity contribution is 6.09. The van der Waals surface area contributed by atoms with Crippen LogP contribution in [0.3, 0.4) is 0 Å². The standard InChI is InChI=1S/C34H44N6O2/c1-7-9-25-16-24(6)37-34(42)29(25)20-36-33(41)28-17-27(18-30-32(28)23(5)21-40(30)22(3)4)26-10-11-31(35-19-26)39-14-12-38(8-2)13-15-39/h10-11,16-19,21-22H,7-9,12-15,20H2,1-6H3,(H,36,41)(H,37,42). The van der Waals surface area contributed by atoms with Crippen molar-refractivity contribution in [2.45, 2.75) is 67.0 Å². The maximum atomic E-state index is 13.8. The molecule has 0 spiro atoms. The van der Waals surface area contributed by atoms with E-state index in [1.807, 2.05) is 25.3 Å². The molecular weight excluding hydrogens is 524 g/mol. The molecule has 3 aromatic heterocycles. The third-order valence-corrected chi connectivity index (χ3v) is 8.46. The van der Waals surface area contributed by atoms with E-state index >= 15 is 0 Å². The van der Waals surface area contributed by atoms with Gasteiger partial charge in [0.1, 0.15) is 5.82 Å². The fourth-order valence-corrected chi connectivity index (χ4v) is 6.13. The smallest absolute Gasteiger partial charge is 0.253 e. The number of carbonyl (C=O) groups is 1. The summed E-state index contributed by atoms with van der Waals surface area (Å²) in [7, 11) is 0. The second kappa shape index (κ2) is 12.5. The molecule has 222 valence electrons. The highest BCUT2D eigenvalue weighted by atomic mass is 16.1. The highest BCUT2D eigenvalue weighted by Gasteiger charge is 2.21. The Morgan fingerprint density at radius 1 is 1.05 bits per heavy atom. The Bertz CT molecular complexity index is 1620. The monoisotopic (exact) mass is 568 g/mol. The van der Waals surface area contributed by atoms with E-state index in [9.17, 15) is 9.59 Å². The number of piperazine rings is 1. The van der Waals surface area contributed by atoms with Crippen LogP contribution in [0.2, 0.25) is 0 Å². The molecule has 1 saturated heterocycles. The van der Waals surface area contributed by atoms with Gasteiger partial charge in [0.2, 0.25) is 0 Å². The number of rotatable bonds is 9. The Balaban J connectivity index is 1.49. The van der Waals surface area contributed by atoms with Crippen molar-refractivity contribution in [1.29, 1.82) is 0 Å². The van der Waals surface area contributed by atoms with Crippen LogP contribution in [-0.4, -0.2) is 58.1 Å². The lowest BCUT2D eigenvalue weighted by Gasteiger charge is -2.34. The predicted molar refractivity (Wildman–Crippen MR) is 172 cm³/mol. The van der Waals surface area contributed by atoms with E-state index in [1.54, 1.807) is 0 Å². The van der Waals surface area contributed by atoms with Gasteiger partial charge in [-0.1, -0.05) is 20.3 Å². The van der Waals surface area contributed by atoms with Gasteiger partial charge in [-0.05, 0) is 87.7 Å². The second-order valence-corrected chi connectivity index (χ2v) is 11.8. The number of hydrogen-bond acceptors (Lipinski definition) is 5. The number of carbonyl (C=O) groups excluding carboxylic acids is 1. The number of aromatic amines is 1. The molecule has 0 aliphatic carbocycles. The van der Waals surface area contributed by atoms with E-state index in [0.717, 1.165) is 90.2 Å². The molecule has 1 aliphatic rings. The predicted octanol–water partition coefficient (Wildman–Crippen LogP) is 5.61. The number of likely N-dealkylation sites (N-methyl/N-ethyl adjacent to an activating group) is 1. The number of anilines is 1. The Hall–Kier alpha value is -3.91. The minimum absolute atomic E-state index is 0.137. The van der Waals surface area contributed by atoms with Gasteiger partial charge in [-0.2, -0.15) is 0 Å². The van der Waals surface area contributed by atoms with Gasteiger partial charge in [-0.25, -0.2) is 4.98 Å². The number of aromatic nitrogens is 3. The van der Waals surface area contributed by atoms with Gasteiger partial charge in [-0.3, -0.25) is 9.59 Å².